The van der Waals surface area contributed by atoms with Crippen LogP contribution in [0.25, 0.3) is 0 Å². The van der Waals surface area contributed by atoms with Crippen LogP contribution >= 0.6 is 0 Å². The van der Waals surface area contributed by atoms with Crippen LogP contribution in [0.1, 0.15) is 46.5 Å². The van der Waals surface area contributed by atoms with E-state index < -0.39 is 0 Å². The number of hydrogen-bond acceptors (Lipinski definition) is 1. The molecule has 0 aromatic carbocycles. The Hall–Kier alpha value is -1.37. The largest absolute Gasteiger partial charge is 0.290 e. The fraction of sp³-hybridized carbons (Fsp3) is 0.571. The minimum absolute atomic E-state index is 0.0520. The lowest BCUT2D eigenvalue weighted by Crippen LogP contribution is -2.45. The monoisotopic (exact) mass is 294 g/mol. The Bertz CT molecular complexity index is 659. The maximum Gasteiger partial charge on any atom is 0.181 e. The second kappa shape index (κ2) is 4.57. The topological polar surface area (TPSA) is 17.1 Å². The summed E-state index contributed by atoms with van der Waals surface area (Å²) < 4.78 is 0. The highest BCUT2D eigenvalue weighted by molar-refractivity contribution is 6.06. The summed E-state index contributed by atoms with van der Waals surface area (Å²) >= 11 is 0. The number of allylic oxidation sites excluding steroid dienone is 7. The highest BCUT2D eigenvalue weighted by Crippen LogP contribution is 2.61. The van der Waals surface area contributed by atoms with Crippen molar-refractivity contribution < 1.29 is 4.79 Å². The molecule has 0 spiro atoms. The van der Waals surface area contributed by atoms with Gasteiger partial charge in [-0.1, -0.05) is 36.8 Å². The molecule has 4 aliphatic rings. The van der Waals surface area contributed by atoms with Gasteiger partial charge in [-0.2, -0.15) is 0 Å². The van der Waals surface area contributed by atoms with Gasteiger partial charge in [0.2, 0.25) is 0 Å². The summed E-state index contributed by atoms with van der Waals surface area (Å²) in [6.45, 7) is 10.9. The molecule has 0 aromatic rings. The van der Waals surface area contributed by atoms with Crippen molar-refractivity contribution in [3.8, 4) is 0 Å². The van der Waals surface area contributed by atoms with E-state index in [-0.39, 0.29) is 11.2 Å². The normalized spacial score (nSPS) is 43.7. The first-order chi connectivity index (χ1) is 10.4. The summed E-state index contributed by atoms with van der Waals surface area (Å²) in [7, 11) is 0. The van der Waals surface area contributed by atoms with Crippen molar-refractivity contribution in [1.82, 2.24) is 0 Å². The molecule has 2 saturated carbocycles. The lowest BCUT2D eigenvalue weighted by atomic mass is 9.51. The van der Waals surface area contributed by atoms with Crippen LogP contribution in [0.15, 0.2) is 47.1 Å². The van der Waals surface area contributed by atoms with Crippen LogP contribution in [0.5, 0.6) is 0 Å². The smallest absolute Gasteiger partial charge is 0.181 e. The Labute approximate surface area is 133 Å². The summed E-state index contributed by atoms with van der Waals surface area (Å²) in [5.41, 5.74) is 5.17. The zero-order valence-corrected chi connectivity index (χ0v) is 14.0. The van der Waals surface area contributed by atoms with Gasteiger partial charge in [0.05, 0.1) is 0 Å². The van der Waals surface area contributed by atoms with E-state index in [9.17, 15) is 4.79 Å². The number of ketones is 1. The fourth-order valence-corrected chi connectivity index (χ4v) is 6.10. The summed E-state index contributed by atoms with van der Waals surface area (Å²) in [5.74, 6) is 3.04. The average molecular weight is 294 g/mol. The van der Waals surface area contributed by atoms with Gasteiger partial charge in [-0.05, 0) is 74.9 Å². The summed E-state index contributed by atoms with van der Waals surface area (Å²) in [4.78, 5) is 12.1. The Morgan fingerprint density at radius 1 is 1.23 bits per heavy atom. The molecule has 1 nitrogen and oxygen atoms in total. The molecule has 22 heavy (non-hydrogen) atoms. The van der Waals surface area contributed by atoms with E-state index in [0.29, 0.717) is 11.8 Å². The van der Waals surface area contributed by atoms with E-state index >= 15 is 0 Å². The first-order valence-corrected chi connectivity index (χ1v) is 8.75. The Balaban J connectivity index is 1.85. The number of hydrogen-bond donors (Lipinski definition) is 0. The molecule has 0 aliphatic heterocycles. The predicted molar refractivity (Wildman–Crippen MR) is 90.3 cm³/mol. The second-order valence-corrected chi connectivity index (χ2v) is 8.06. The highest BCUT2D eigenvalue weighted by atomic mass is 16.1. The second-order valence-electron chi connectivity index (χ2n) is 8.06. The lowest BCUT2D eigenvalue weighted by molar-refractivity contribution is -0.111. The molecule has 4 rings (SSSR count). The van der Waals surface area contributed by atoms with Crippen molar-refractivity contribution in [3.05, 3.63) is 47.1 Å². The van der Waals surface area contributed by atoms with Crippen LogP contribution < -0.4 is 0 Å². The molecule has 0 amide bonds. The zero-order chi connectivity index (χ0) is 15.6. The van der Waals surface area contributed by atoms with Crippen molar-refractivity contribution in [2.45, 2.75) is 46.5 Å². The summed E-state index contributed by atoms with van der Waals surface area (Å²) in [5, 5.41) is 0. The van der Waals surface area contributed by atoms with Crippen LogP contribution in [0.4, 0.5) is 0 Å². The molecule has 0 heterocycles. The third-order valence-electron chi connectivity index (χ3n) is 7.06. The quantitative estimate of drug-likeness (QED) is 0.573. The molecular formula is C21H26O. The molecule has 0 N–H and O–H groups in total. The van der Waals surface area contributed by atoms with Gasteiger partial charge in [-0.25, -0.2) is 0 Å². The van der Waals surface area contributed by atoms with Crippen molar-refractivity contribution in [1.29, 1.82) is 0 Å². The summed E-state index contributed by atoms with van der Waals surface area (Å²) in [6.07, 6.45) is 11.6. The molecule has 0 radical (unpaired) electrons. The Morgan fingerprint density at radius 3 is 2.77 bits per heavy atom. The van der Waals surface area contributed by atoms with E-state index in [1.54, 1.807) is 0 Å². The lowest BCUT2D eigenvalue weighted by Gasteiger charge is -2.52. The minimum atomic E-state index is 0.0520. The van der Waals surface area contributed by atoms with E-state index in [2.05, 4.69) is 32.6 Å². The minimum Gasteiger partial charge on any atom is -0.290 e. The molecule has 5 unspecified atom stereocenters. The molecule has 0 saturated heterocycles. The van der Waals surface area contributed by atoms with Gasteiger partial charge >= 0.3 is 0 Å². The third-order valence-corrected chi connectivity index (χ3v) is 7.06. The fourth-order valence-electron chi connectivity index (χ4n) is 6.10. The Morgan fingerprint density at radius 2 is 2.00 bits per heavy atom. The van der Waals surface area contributed by atoms with Gasteiger partial charge < -0.3 is 0 Å². The van der Waals surface area contributed by atoms with Crippen molar-refractivity contribution in [2.24, 2.45) is 29.1 Å². The van der Waals surface area contributed by atoms with E-state index in [1.165, 1.54) is 42.4 Å². The average Bonchev–Trinajstić information content (AvgIpc) is 2.85. The van der Waals surface area contributed by atoms with Crippen molar-refractivity contribution in [2.75, 3.05) is 0 Å². The Kier molecular flexibility index (Phi) is 2.95. The van der Waals surface area contributed by atoms with Crippen LogP contribution in [-0.2, 0) is 4.79 Å². The number of carbonyl (C=O) groups excluding carboxylic acids is 1. The first-order valence-electron chi connectivity index (χ1n) is 8.75. The van der Waals surface area contributed by atoms with Gasteiger partial charge in [-0.15, -0.1) is 0 Å². The number of fused-ring (bicyclic) bond motifs is 5. The zero-order valence-electron chi connectivity index (χ0n) is 14.0. The van der Waals surface area contributed by atoms with Crippen molar-refractivity contribution in [3.63, 3.8) is 0 Å². The molecular weight excluding hydrogens is 268 g/mol. The highest BCUT2D eigenvalue weighted by Gasteiger charge is 2.52. The van der Waals surface area contributed by atoms with Gasteiger partial charge in [0, 0.05) is 11.0 Å². The predicted octanol–water partition coefficient (Wildman–Crippen LogP) is 5.02. The molecule has 0 aromatic heterocycles. The van der Waals surface area contributed by atoms with E-state index in [1.807, 2.05) is 13.0 Å². The van der Waals surface area contributed by atoms with Crippen molar-refractivity contribution >= 4 is 5.78 Å². The van der Waals surface area contributed by atoms with Gasteiger partial charge in [-0.3, -0.25) is 4.79 Å². The molecule has 2 fully saturated rings. The van der Waals surface area contributed by atoms with E-state index in [4.69, 9.17) is 0 Å². The maximum absolute atomic E-state index is 12.1. The standard InChI is InChI=1S/C21H26O/c1-12-5-6-16-15(12)7-8-18-17(16)11-13(2)20-14(3)19(22)9-10-21(18,20)4/h9-11,15-18H,1,5-8H2,2-4H3. The summed E-state index contributed by atoms with van der Waals surface area (Å²) in [6, 6.07) is 0. The van der Waals surface area contributed by atoms with Crippen LogP contribution in [0.3, 0.4) is 0 Å². The molecule has 4 aliphatic carbocycles. The van der Waals surface area contributed by atoms with Crippen LogP contribution in [0.2, 0.25) is 0 Å². The molecule has 5 atom stereocenters. The van der Waals surface area contributed by atoms with Crippen LogP contribution in [-0.4, -0.2) is 5.78 Å². The van der Waals surface area contributed by atoms with Gasteiger partial charge in [0.15, 0.2) is 5.78 Å². The maximum atomic E-state index is 12.1. The van der Waals surface area contributed by atoms with Gasteiger partial charge in [0.1, 0.15) is 0 Å². The molecule has 116 valence electrons. The SMILES string of the molecule is C=C1CCC2C1CCC1C2C=C(C)C2=C(C)C(=O)C=CC21C. The van der Waals surface area contributed by atoms with Gasteiger partial charge in [0.25, 0.3) is 0 Å². The molecule has 0 bridgehead atoms. The third kappa shape index (κ3) is 1.68. The first kappa shape index (κ1) is 14.2. The van der Waals surface area contributed by atoms with E-state index in [0.717, 1.165) is 17.4 Å². The molecule has 1 heteroatoms. The van der Waals surface area contributed by atoms with Crippen LogP contribution in [0, 0.1) is 29.1 Å². The number of carbonyl (C=O) groups is 1. The number of rotatable bonds is 0.